The van der Waals surface area contributed by atoms with Crippen molar-refractivity contribution in [2.75, 3.05) is 26.7 Å². The molecule has 1 heterocycles. The third-order valence-electron chi connectivity index (χ3n) is 7.60. The maximum absolute atomic E-state index is 13.7. The van der Waals surface area contributed by atoms with Gasteiger partial charge in [-0.3, -0.25) is 0 Å². The third-order valence-corrected chi connectivity index (χ3v) is 9.62. The van der Waals surface area contributed by atoms with E-state index in [2.05, 4.69) is 17.2 Å². The van der Waals surface area contributed by atoms with Gasteiger partial charge in [0.25, 0.3) is 0 Å². The second-order valence-corrected chi connectivity index (χ2v) is 12.7. The lowest BCUT2D eigenvalue weighted by Gasteiger charge is -2.37. The highest BCUT2D eigenvalue weighted by molar-refractivity contribution is 7.89. The number of likely N-dealkylation sites (N-methyl/N-ethyl adjacent to an activating group) is 1. The highest BCUT2D eigenvalue weighted by Gasteiger charge is 2.38. The lowest BCUT2D eigenvalue weighted by Crippen LogP contribution is -2.52. The number of aliphatic hydroxyl groups is 1. The summed E-state index contributed by atoms with van der Waals surface area (Å²) in [7, 11) is -2.29. The van der Waals surface area contributed by atoms with Crippen LogP contribution in [-0.4, -0.2) is 73.7 Å². The Morgan fingerprint density at radius 3 is 2.48 bits per heavy atom. The van der Waals surface area contributed by atoms with Crippen LogP contribution >= 0.6 is 0 Å². The number of aliphatic hydroxyl groups excluding tert-OH is 1. The molecule has 2 aromatic rings. The van der Waals surface area contributed by atoms with Crippen molar-refractivity contribution < 1.29 is 27.4 Å². The molecule has 1 fully saturated rings. The van der Waals surface area contributed by atoms with Crippen molar-refractivity contribution in [3.8, 4) is 17.6 Å². The third kappa shape index (κ3) is 7.14. The van der Waals surface area contributed by atoms with E-state index >= 15 is 0 Å². The summed E-state index contributed by atoms with van der Waals surface area (Å²) >= 11 is 0. The van der Waals surface area contributed by atoms with Crippen LogP contribution in [0.1, 0.15) is 57.1 Å². The highest BCUT2D eigenvalue weighted by atomic mass is 32.2. The highest BCUT2D eigenvalue weighted by Crippen LogP contribution is 2.34. The minimum atomic E-state index is -4.00. The van der Waals surface area contributed by atoms with Crippen LogP contribution in [0.15, 0.2) is 47.4 Å². The van der Waals surface area contributed by atoms with E-state index < -0.39 is 22.2 Å². The summed E-state index contributed by atoms with van der Waals surface area (Å²) in [5, 5.41) is 13.0. The average molecular weight is 572 g/mol. The standard InChI is InChI=1S/C30H38FN3O5S/c1-21-18-34(22(2)20-35)40(37,38)29-16-13-24(10-9-23-11-14-25(31)15-12-23)17-27(29)39-28(21)19-33(3)30(36)32-26-7-5-4-6-8-26/h11-17,21-22,26,28,35H,4-8,18-20H2,1-3H3,(H,32,36)/t21-,22+,28+/m0/s1. The lowest BCUT2D eigenvalue weighted by molar-refractivity contribution is 0.0806. The Morgan fingerprint density at radius 2 is 1.80 bits per heavy atom. The molecule has 10 heteroatoms. The van der Waals surface area contributed by atoms with Gasteiger partial charge in [-0.05, 0) is 62.2 Å². The fraction of sp³-hybridized carbons (Fsp3) is 0.500. The number of rotatable bonds is 5. The van der Waals surface area contributed by atoms with Gasteiger partial charge in [0.1, 0.15) is 22.6 Å². The molecular formula is C30H38FN3O5S. The number of hydrogen-bond donors (Lipinski definition) is 2. The molecule has 0 aromatic heterocycles. The molecule has 0 spiro atoms. The van der Waals surface area contributed by atoms with Crippen molar-refractivity contribution in [3.05, 3.63) is 59.4 Å². The minimum absolute atomic E-state index is 0.0219. The van der Waals surface area contributed by atoms with E-state index in [0.29, 0.717) is 11.1 Å². The SMILES string of the molecule is C[C@H](CO)N1C[C@H](C)[C@@H](CN(C)C(=O)NC2CCCCC2)Oc2cc(C#Cc3ccc(F)cc3)ccc2S1(=O)=O. The van der Waals surface area contributed by atoms with E-state index in [0.717, 1.165) is 25.7 Å². The average Bonchev–Trinajstić information content (AvgIpc) is 2.94. The number of carbonyl (C=O) groups excluding carboxylic acids is 1. The number of halogens is 1. The first-order chi connectivity index (χ1) is 19.1. The van der Waals surface area contributed by atoms with Crippen molar-refractivity contribution in [3.63, 3.8) is 0 Å². The molecule has 216 valence electrons. The van der Waals surface area contributed by atoms with Crippen molar-refractivity contribution in [2.45, 2.75) is 69.0 Å². The minimum Gasteiger partial charge on any atom is -0.487 e. The van der Waals surface area contributed by atoms with Gasteiger partial charge in [-0.25, -0.2) is 17.6 Å². The number of hydrogen-bond acceptors (Lipinski definition) is 5. The zero-order valence-corrected chi connectivity index (χ0v) is 24.1. The Balaban J connectivity index is 1.64. The second kappa shape index (κ2) is 13.0. The summed E-state index contributed by atoms with van der Waals surface area (Å²) in [4.78, 5) is 14.6. The van der Waals surface area contributed by atoms with Crippen LogP contribution in [0.5, 0.6) is 5.75 Å². The molecule has 0 radical (unpaired) electrons. The smallest absolute Gasteiger partial charge is 0.317 e. The van der Waals surface area contributed by atoms with E-state index in [-0.39, 0.29) is 54.1 Å². The number of benzene rings is 2. The van der Waals surface area contributed by atoms with E-state index in [9.17, 15) is 22.7 Å². The molecule has 40 heavy (non-hydrogen) atoms. The van der Waals surface area contributed by atoms with Gasteiger partial charge >= 0.3 is 6.03 Å². The number of urea groups is 1. The Morgan fingerprint density at radius 1 is 1.15 bits per heavy atom. The van der Waals surface area contributed by atoms with Crippen LogP contribution in [0.2, 0.25) is 0 Å². The summed E-state index contributed by atoms with van der Waals surface area (Å²) in [6.07, 6.45) is 4.82. The van der Waals surface area contributed by atoms with E-state index in [4.69, 9.17) is 4.74 Å². The first-order valence-electron chi connectivity index (χ1n) is 13.8. The number of nitrogens with one attached hydrogen (secondary N) is 1. The number of sulfonamides is 1. The summed E-state index contributed by atoms with van der Waals surface area (Å²) in [6, 6.07) is 9.75. The molecule has 1 aliphatic carbocycles. The molecular weight excluding hydrogens is 533 g/mol. The zero-order valence-electron chi connectivity index (χ0n) is 23.3. The lowest BCUT2D eigenvalue weighted by atomic mass is 9.96. The van der Waals surface area contributed by atoms with Crippen molar-refractivity contribution in [2.24, 2.45) is 5.92 Å². The topological polar surface area (TPSA) is 99.2 Å². The second-order valence-electron chi connectivity index (χ2n) is 10.8. The predicted octanol–water partition coefficient (Wildman–Crippen LogP) is 3.97. The molecule has 2 aromatic carbocycles. The molecule has 0 bridgehead atoms. The van der Waals surface area contributed by atoms with Gasteiger partial charge in [0.05, 0.1) is 13.2 Å². The molecule has 4 rings (SSSR count). The number of carbonyl (C=O) groups is 1. The largest absolute Gasteiger partial charge is 0.487 e. The van der Waals surface area contributed by atoms with E-state index in [1.165, 1.54) is 28.9 Å². The summed E-state index contributed by atoms with van der Waals surface area (Å²) in [5.74, 6) is 5.44. The molecule has 1 saturated carbocycles. The normalized spacial score (nSPS) is 21.9. The monoisotopic (exact) mass is 571 g/mol. The number of fused-ring (bicyclic) bond motifs is 1. The fourth-order valence-electron chi connectivity index (χ4n) is 5.08. The van der Waals surface area contributed by atoms with E-state index in [1.807, 2.05) is 6.92 Å². The predicted molar refractivity (Wildman–Crippen MR) is 151 cm³/mol. The molecule has 0 unspecified atom stereocenters. The molecule has 3 atom stereocenters. The number of amides is 2. The maximum atomic E-state index is 13.7. The molecule has 0 saturated heterocycles. The first-order valence-corrected chi connectivity index (χ1v) is 15.2. The van der Waals surface area contributed by atoms with Gasteiger partial charge in [0.2, 0.25) is 10.0 Å². The van der Waals surface area contributed by atoms with E-state index in [1.54, 1.807) is 43.1 Å². The van der Waals surface area contributed by atoms with Gasteiger partial charge in [0.15, 0.2) is 0 Å². The Labute approximate surface area is 236 Å². The molecule has 2 N–H and O–H groups in total. The van der Waals surface area contributed by atoms with Gasteiger partial charge in [-0.15, -0.1) is 0 Å². The van der Waals surface area contributed by atoms with Crippen LogP contribution in [0.25, 0.3) is 0 Å². The number of nitrogens with zero attached hydrogens (tertiary/aromatic N) is 2. The molecule has 1 aliphatic heterocycles. The molecule has 2 aliphatic rings. The molecule has 2 amide bonds. The van der Waals surface area contributed by atoms with Crippen LogP contribution < -0.4 is 10.1 Å². The summed E-state index contributed by atoms with van der Waals surface area (Å²) in [6.45, 7) is 3.57. The Kier molecular flexibility index (Phi) is 9.72. The van der Waals surface area contributed by atoms with Crippen molar-refractivity contribution >= 4 is 16.1 Å². The fourth-order valence-corrected chi connectivity index (χ4v) is 6.91. The summed E-state index contributed by atoms with van der Waals surface area (Å²) < 4.78 is 48.3. The van der Waals surface area contributed by atoms with Crippen LogP contribution in [0.3, 0.4) is 0 Å². The summed E-state index contributed by atoms with van der Waals surface area (Å²) in [5.41, 5.74) is 1.14. The molecule has 8 nitrogen and oxygen atoms in total. The van der Waals surface area contributed by atoms with Crippen LogP contribution in [0.4, 0.5) is 9.18 Å². The van der Waals surface area contributed by atoms with Crippen molar-refractivity contribution in [1.82, 2.24) is 14.5 Å². The van der Waals surface area contributed by atoms with Crippen LogP contribution in [0, 0.1) is 23.6 Å². The Bertz CT molecular complexity index is 1350. The van der Waals surface area contributed by atoms with Crippen molar-refractivity contribution in [1.29, 1.82) is 0 Å². The van der Waals surface area contributed by atoms with Gasteiger partial charge in [-0.1, -0.05) is 38.0 Å². The van der Waals surface area contributed by atoms with Crippen LogP contribution in [-0.2, 0) is 10.0 Å². The van der Waals surface area contributed by atoms with Gasteiger partial charge in [-0.2, -0.15) is 4.31 Å². The Hall–Kier alpha value is -3.13. The zero-order chi connectivity index (χ0) is 28.9. The number of ether oxygens (including phenoxy) is 1. The first kappa shape index (κ1) is 29.8. The quantitative estimate of drug-likeness (QED) is 0.530. The van der Waals surface area contributed by atoms with Gasteiger partial charge in [0, 0.05) is 42.7 Å². The van der Waals surface area contributed by atoms with Gasteiger partial charge < -0.3 is 20.1 Å². The maximum Gasteiger partial charge on any atom is 0.317 e.